The third kappa shape index (κ3) is 4.49. The van der Waals surface area contributed by atoms with E-state index in [-0.39, 0.29) is 24.6 Å². The predicted molar refractivity (Wildman–Crippen MR) is 97.0 cm³/mol. The highest BCUT2D eigenvalue weighted by molar-refractivity contribution is 5.94. The van der Waals surface area contributed by atoms with Gasteiger partial charge in [0.2, 0.25) is 5.91 Å². The fourth-order valence-electron chi connectivity index (χ4n) is 3.15. The molecule has 0 unspecified atom stereocenters. The van der Waals surface area contributed by atoms with Crippen LogP contribution in [0.5, 0.6) is 0 Å². The van der Waals surface area contributed by atoms with Gasteiger partial charge in [0.15, 0.2) is 0 Å². The average molecular weight is 373 g/mol. The maximum Gasteiger partial charge on any atom is 0.256 e. The summed E-state index contributed by atoms with van der Waals surface area (Å²) in [5, 5.41) is 0. The number of hydrogen-bond donors (Lipinski definition) is 1. The Balaban J connectivity index is 1.56. The number of piperazine rings is 1. The lowest BCUT2D eigenvalue weighted by Crippen LogP contribution is -2.54. The molecular weight excluding hydrogens is 352 g/mol. The van der Waals surface area contributed by atoms with E-state index >= 15 is 0 Å². The van der Waals surface area contributed by atoms with Crippen LogP contribution in [0.2, 0.25) is 0 Å². The molecule has 0 radical (unpaired) electrons. The minimum Gasteiger partial charge on any atom is -0.338 e. The molecule has 0 aromatic heterocycles. The van der Waals surface area contributed by atoms with Crippen molar-refractivity contribution in [2.75, 3.05) is 26.2 Å². The van der Waals surface area contributed by atoms with Gasteiger partial charge in [0.25, 0.3) is 5.91 Å². The molecule has 1 heterocycles. The molecule has 0 bridgehead atoms. The molecule has 2 aromatic carbocycles. The molecule has 3 rings (SSSR count). The van der Waals surface area contributed by atoms with Gasteiger partial charge in [0.05, 0.1) is 11.6 Å². The van der Waals surface area contributed by atoms with Crippen LogP contribution in [0.1, 0.15) is 15.9 Å². The van der Waals surface area contributed by atoms with Gasteiger partial charge in [-0.25, -0.2) is 8.78 Å². The Bertz CT molecular complexity index is 821. The summed E-state index contributed by atoms with van der Waals surface area (Å²) in [6.07, 6.45) is 0.444. The molecule has 2 amide bonds. The highest BCUT2D eigenvalue weighted by Gasteiger charge is 2.28. The molecule has 1 aliphatic rings. The van der Waals surface area contributed by atoms with Crippen molar-refractivity contribution in [3.8, 4) is 0 Å². The van der Waals surface area contributed by atoms with Crippen molar-refractivity contribution in [3.63, 3.8) is 0 Å². The van der Waals surface area contributed by atoms with E-state index in [0.717, 1.165) is 17.7 Å². The highest BCUT2D eigenvalue weighted by atomic mass is 19.1. The molecule has 1 atom stereocenters. The fourth-order valence-corrected chi connectivity index (χ4v) is 3.15. The molecule has 1 fully saturated rings. The van der Waals surface area contributed by atoms with Crippen molar-refractivity contribution in [2.24, 2.45) is 5.73 Å². The molecule has 0 aliphatic carbocycles. The van der Waals surface area contributed by atoms with E-state index in [1.807, 2.05) is 30.3 Å². The maximum absolute atomic E-state index is 13.8. The second kappa shape index (κ2) is 8.26. The molecule has 142 valence electrons. The zero-order valence-corrected chi connectivity index (χ0v) is 14.8. The Morgan fingerprint density at radius 1 is 0.963 bits per heavy atom. The first kappa shape index (κ1) is 19.0. The van der Waals surface area contributed by atoms with Crippen LogP contribution in [-0.4, -0.2) is 53.8 Å². The van der Waals surface area contributed by atoms with Crippen molar-refractivity contribution in [1.82, 2.24) is 9.80 Å². The summed E-state index contributed by atoms with van der Waals surface area (Å²) in [4.78, 5) is 28.0. The van der Waals surface area contributed by atoms with Crippen molar-refractivity contribution < 1.29 is 18.4 Å². The Labute approximate surface area is 156 Å². The topological polar surface area (TPSA) is 66.6 Å². The Morgan fingerprint density at radius 2 is 1.59 bits per heavy atom. The lowest BCUT2D eigenvalue weighted by atomic mass is 10.1. The van der Waals surface area contributed by atoms with Gasteiger partial charge in [-0.2, -0.15) is 0 Å². The number of nitrogens with zero attached hydrogens (tertiary/aromatic N) is 2. The van der Waals surface area contributed by atoms with Crippen molar-refractivity contribution in [2.45, 2.75) is 12.5 Å². The van der Waals surface area contributed by atoms with Crippen LogP contribution < -0.4 is 5.73 Å². The van der Waals surface area contributed by atoms with Crippen LogP contribution in [-0.2, 0) is 11.2 Å². The van der Waals surface area contributed by atoms with E-state index in [0.29, 0.717) is 25.6 Å². The number of nitrogens with two attached hydrogens (primary N) is 1. The number of carbonyl (C=O) groups is 2. The van der Waals surface area contributed by atoms with Gasteiger partial charge in [-0.05, 0) is 24.1 Å². The number of hydrogen-bond acceptors (Lipinski definition) is 3. The summed E-state index contributed by atoms with van der Waals surface area (Å²) >= 11 is 0. The largest absolute Gasteiger partial charge is 0.338 e. The lowest BCUT2D eigenvalue weighted by Gasteiger charge is -2.36. The van der Waals surface area contributed by atoms with Crippen LogP contribution in [0.15, 0.2) is 48.5 Å². The van der Waals surface area contributed by atoms with Crippen LogP contribution in [0.3, 0.4) is 0 Å². The van der Waals surface area contributed by atoms with Gasteiger partial charge >= 0.3 is 0 Å². The number of benzene rings is 2. The predicted octanol–water partition coefficient (Wildman–Crippen LogP) is 1.82. The van der Waals surface area contributed by atoms with Crippen LogP contribution in [0.25, 0.3) is 0 Å². The first-order valence-corrected chi connectivity index (χ1v) is 8.78. The first-order valence-electron chi connectivity index (χ1n) is 8.78. The second-order valence-corrected chi connectivity index (χ2v) is 6.54. The van der Waals surface area contributed by atoms with Crippen molar-refractivity contribution in [1.29, 1.82) is 0 Å². The van der Waals surface area contributed by atoms with Crippen LogP contribution in [0.4, 0.5) is 8.78 Å². The minimum atomic E-state index is -0.886. The molecule has 1 aliphatic heterocycles. The molecule has 1 saturated heterocycles. The Hall–Kier alpha value is -2.80. The van der Waals surface area contributed by atoms with Crippen molar-refractivity contribution in [3.05, 3.63) is 71.3 Å². The quantitative estimate of drug-likeness (QED) is 0.889. The van der Waals surface area contributed by atoms with E-state index in [9.17, 15) is 18.4 Å². The summed E-state index contributed by atoms with van der Waals surface area (Å²) in [6.45, 7) is 1.21. The van der Waals surface area contributed by atoms with E-state index < -0.39 is 23.6 Å². The highest BCUT2D eigenvalue weighted by Crippen LogP contribution is 2.15. The lowest BCUT2D eigenvalue weighted by molar-refractivity contribution is -0.134. The molecule has 2 aromatic rings. The van der Waals surface area contributed by atoms with E-state index in [1.165, 1.54) is 4.90 Å². The fraction of sp³-hybridized carbons (Fsp3) is 0.300. The Morgan fingerprint density at radius 3 is 2.22 bits per heavy atom. The molecule has 5 nitrogen and oxygen atoms in total. The summed E-state index contributed by atoms with van der Waals surface area (Å²) in [7, 11) is 0. The van der Waals surface area contributed by atoms with Crippen molar-refractivity contribution >= 4 is 11.8 Å². The van der Waals surface area contributed by atoms with Gasteiger partial charge in [0, 0.05) is 32.2 Å². The maximum atomic E-state index is 13.8. The third-order valence-electron chi connectivity index (χ3n) is 4.66. The second-order valence-electron chi connectivity index (χ2n) is 6.54. The minimum absolute atomic E-state index is 0.168. The van der Waals surface area contributed by atoms with Gasteiger partial charge in [-0.3, -0.25) is 9.59 Å². The van der Waals surface area contributed by atoms with E-state index in [1.54, 1.807) is 4.90 Å². The number of amides is 2. The standard InChI is InChI=1S/C20H21F2N3O2/c21-15-6-7-16(17(22)13-15)19(26)24-8-10-25(11-9-24)20(27)18(23)12-14-4-2-1-3-5-14/h1-7,13,18H,8-12,23H2/t18-/m0/s1. The molecule has 2 N–H and O–H groups in total. The zero-order valence-electron chi connectivity index (χ0n) is 14.8. The summed E-state index contributed by atoms with van der Waals surface area (Å²) < 4.78 is 26.8. The Kier molecular flexibility index (Phi) is 5.81. The summed E-state index contributed by atoms with van der Waals surface area (Å²) in [5.41, 5.74) is 6.86. The average Bonchev–Trinajstić information content (AvgIpc) is 2.68. The first-order chi connectivity index (χ1) is 13.0. The van der Waals surface area contributed by atoms with Gasteiger partial charge < -0.3 is 15.5 Å². The summed E-state index contributed by atoms with van der Waals surface area (Å²) in [5.74, 6) is -2.29. The van der Waals surface area contributed by atoms with Crippen LogP contribution in [0, 0.1) is 11.6 Å². The SMILES string of the molecule is N[C@@H](Cc1ccccc1)C(=O)N1CCN(C(=O)c2ccc(F)cc2F)CC1. The summed E-state index contributed by atoms with van der Waals surface area (Å²) in [6, 6.07) is 11.8. The zero-order chi connectivity index (χ0) is 19.4. The molecule has 0 spiro atoms. The van der Waals surface area contributed by atoms with Crippen LogP contribution >= 0.6 is 0 Å². The normalized spacial score (nSPS) is 15.5. The van der Waals surface area contributed by atoms with Gasteiger partial charge in [0.1, 0.15) is 11.6 Å². The van der Waals surface area contributed by atoms with Gasteiger partial charge in [-0.15, -0.1) is 0 Å². The third-order valence-corrected chi connectivity index (χ3v) is 4.66. The molecule has 27 heavy (non-hydrogen) atoms. The number of carbonyl (C=O) groups excluding carboxylic acids is 2. The molecule has 0 saturated carbocycles. The number of rotatable bonds is 4. The van der Waals surface area contributed by atoms with E-state index in [4.69, 9.17) is 5.73 Å². The smallest absolute Gasteiger partial charge is 0.256 e. The van der Waals surface area contributed by atoms with E-state index in [2.05, 4.69) is 0 Å². The monoisotopic (exact) mass is 373 g/mol. The molecular formula is C20H21F2N3O2. The molecule has 7 heteroatoms. The number of halogens is 2. The van der Waals surface area contributed by atoms with Gasteiger partial charge in [-0.1, -0.05) is 30.3 Å².